The molecule has 0 aliphatic heterocycles. The molecule has 0 amide bonds. The van der Waals surface area contributed by atoms with Crippen LogP contribution >= 0.6 is 0 Å². The van der Waals surface area contributed by atoms with Crippen molar-refractivity contribution in [2.45, 2.75) is 33.2 Å². The first-order valence-electron chi connectivity index (χ1n) is 7.33. The topological polar surface area (TPSA) is 56.7 Å². The molecule has 0 radical (unpaired) electrons. The fourth-order valence-electron chi connectivity index (χ4n) is 2.41. The van der Waals surface area contributed by atoms with Gasteiger partial charge in [-0.1, -0.05) is 23.4 Å². The Labute approximate surface area is 136 Å². The third-order valence-electron chi connectivity index (χ3n) is 3.59. The van der Waals surface area contributed by atoms with Gasteiger partial charge in [-0.15, -0.1) is 0 Å². The van der Waals surface area contributed by atoms with Gasteiger partial charge >= 0.3 is 0 Å². The van der Waals surface area contributed by atoms with Gasteiger partial charge in [0.2, 0.25) is 0 Å². The van der Waals surface area contributed by atoms with Crippen LogP contribution in [0.15, 0.2) is 28.9 Å². The number of nitrogens with zero attached hydrogens (tertiary/aromatic N) is 4. The first-order chi connectivity index (χ1) is 11.4. The second kappa shape index (κ2) is 6.46. The van der Waals surface area contributed by atoms with Crippen LogP contribution in [0.3, 0.4) is 0 Å². The predicted octanol–water partition coefficient (Wildman–Crippen LogP) is 3.54. The minimum Gasteiger partial charge on any atom is -0.334 e. The Kier molecular flexibility index (Phi) is 4.37. The van der Waals surface area contributed by atoms with E-state index in [0.29, 0.717) is 28.2 Å². The smallest absolute Gasteiger partial charge is 0.261 e. The van der Waals surface area contributed by atoms with Crippen molar-refractivity contribution < 1.29 is 17.7 Å². The maximum atomic E-state index is 14.0. The quantitative estimate of drug-likeness (QED) is 0.715. The number of rotatable bonds is 5. The Morgan fingerprint density at radius 2 is 2.04 bits per heavy atom. The molecular weight excluding hydrogens is 321 g/mol. The Bertz CT molecular complexity index is 857. The van der Waals surface area contributed by atoms with E-state index >= 15 is 0 Å². The summed E-state index contributed by atoms with van der Waals surface area (Å²) in [5, 5.41) is 7.83. The predicted molar refractivity (Wildman–Crippen MR) is 80.2 cm³/mol. The zero-order chi connectivity index (χ0) is 17.3. The van der Waals surface area contributed by atoms with Gasteiger partial charge in [0.25, 0.3) is 12.3 Å². The highest BCUT2D eigenvalue weighted by molar-refractivity contribution is 5.54. The molecule has 2 aromatic heterocycles. The fraction of sp³-hybridized carbons (Fsp3) is 0.312. The molecule has 0 N–H and O–H groups in total. The molecule has 24 heavy (non-hydrogen) atoms. The van der Waals surface area contributed by atoms with Gasteiger partial charge in [-0.2, -0.15) is 10.1 Å². The average molecular weight is 336 g/mol. The van der Waals surface area contributed by atoms with Gasteiger partial charge in [0.15, 0.2) is 5.82 Å². The second-order valence-electron chi connectivity index (χ2n) is 5.48. The summed E-state index contributed by atoms with van der Waals surface area (Å²) in [5.41, 5.74) is 2.00. The maximum Gasteiger partial charge on any atom is 0.261 e. The van der Waals surface area contributed by atoms with Crippen LogP contribution in [-0.4, -0.2) is 26.3 Å². The van der Waals surface area contributed by atoms with Gasteiger partial charge in [-0.3, -0.25) is 4.68 Å². The Morgan fingerprint density at radius 1 is 1.25 bits per heavy atom. The van der Waals surface area contributed by atoms with Gasteiger partial charge in [-0.25, -0.2) is 13.2 Å². The van der Waals surface area contributed by atoms with Crippen LogP contribution in [0.1, 0.15) is 22.6 Å². The molecule has 0 unspecified atom stereocenters. The molecule has 0 bridgehead atoms. The SMILES string of the molecule is Cc1cccc(Cc2noc(-c3cn(CC(F)F)nc3C)n2)c1F. The largest absolute Gasteiger partial charge is 0.334 e. The van der Waals surface area contributed by atoms with Crippen LogP contribution in [0.25, 0.3) is 11.5 Å². The van der Waals surface area contributed by atoms with Crippen LogP contribution in [0, 0.1) is 19.7 Å². The lowest BCUT2D eigenvalue weighted by Gasteiger charge is -2.01. The van der Waals surface area contributed by atoms with Gasteiger partial charge < -0.3 is 4.52 Å². The van der Waals surface area contributed by atoms with Crippen molar-refractivity contribution in [1.29, 1.82) is 0 Å². The number of halogens is 3. The lowest BCUT2D eigenvalue weighted by Crippen LogP contribution is -2.06. The van der Waals surface area contributed by atoms with E-state index < -0.39 is 13.0 Å². The summed E-state index contributed by atoms with van der Waals surface area (Å²) >= 11 is 0. The molecule has 0 saturated heterocycles. The van der Waals surface area contributed by atoms with E-state index in [1.807, 2.05) is 0 Å². The van der Waals surface area contributed by atoms with Crippen molar-refractivity contribution >= 4 is 0 Å². The van der Waals surface area contributed by atoms with Crippen molar-refractivity contribution in [3.05, 3.63) is 52.9 Å². The lowest BCUT2D eigenvalue weighted by molar-refractivity contribution is 0.121. The van der Waals surface area contributed by atoms with Crippen LogP contribution < -0.4 is 0 Å². The van der Waals surface area contributed by atoms with Gasteiger partial charge in [0.1, 0.15) is 12.4 Å². The second-order valence-corrected chi connectivity index (χ2v) is 5.48. The highest BCUT2D eigenvalue weighted by Gasteiger charge is 2.17. The molecule has 0 fully saturated rings. The third kappa shape index (κ3) is 3.32. The molecule has 2 heterocycles. The summed E-state index contributed by atoms with van der Waals surface area (Å²) in [5.74, 6) is 0.191. The molecule has 0 atom stereocenters. The number of hydrogen-bond donors (Lipinski definition) is 0. The van der Waals surface area contributed by atoms with Crippen LogP contribution in [-0.2, 0) is 13.0 Å². The van der Waals surface area contributed by atoms with Crippen LogP contribution in [0.4, 0.5) is 13.2 Å². The van der Waals surface area contributed by atoms with Gasteiger partial charge in [-0.05, 0) is 25.0 Å². The molecule has 5 nitrogen and oxygen atoms in total. The molecule has 8 heteroatoms. The molecule has 126 valence electrons. The van der Waals surface area contributed by atoms with E-state index in [2.05, 4.69) is 15.2 Å². The van der Waals surface area contributed by atoms with E-state index in [1.165, 1.54) is 6.20 Å². The number of aromatic nitrogens is 4. The minimum absolute atomic E-state index is 0.177. The zero-order valence-electron chi connectivity index (χ0n) is 13.1. The number of benzene rings is 1. The van der Waals surface area contributed by atoms with Crippen molar-refractivity contribution in [2.75, 3.05) is 0 Å². The van der Waals surface area contributed by atoms with E-state index in [-0.39, 0.29) is 18.1 Å². The molecule has 0 aliphatic rings. The van der Waals surface area contributed by atoms with Crippen molar-refractivity contribution in [3.63, 3.8) is 0 Å². The Hall–Kier alpha value is -2.64. The highest BCUT2D eigenvalue weighted by Crippen LogP contribution is 2.22. The summed E-state index contributed by atoms with van der Waals surface area (Å²) in [6.45, 7) is 2.85. The molecular formula is C16H15F3N4O. The molecule has 0 saturated carbocycles. The third-order valence-corrected chi connectivity index (χ3v) is 3.59. The lowest BCUT2D eigenvalue weighted by atomic mass is 10.1. The fourth-order valence-corrected chi connectivity index (χ4v) is 2.41. The summed E-state index contributed by atoms with van der Waals surface area (Å²) < 4.78 is 45.2. The summed E-state index contributed by atoms with van der Waals surface area (Å²) in [6, 6.07) is 5.10. The van der Waals surface area contributed by atoms with E-state index in [4.69, 9.17) is 4.52 Å². The number of hydrogen-bond acceptors (Lipinski definition) is 4. The van der Waals surface area contributed by atoms with Crippen molar-refractivity contribution in [2.24, 2.45) is 0 Å². The van der Waals surface area contributed by atoms with E-state index in [0.717, 1.165) is 4.68 Å². The molecule has 0 aliphatic carbocycles. The first kappa shape index (κ1) is 16.2. The molecule has 3 aromatic rings. The van der Waals surface area contributed by atoms with Crippen LogP contribution in [0.5, 0.6) is 0 Å². The Morgan fingerprint density at radius 3 is 2.79 bits per heavy atom. The van der Waals surface area contributed by atoms with E-state index in [1.54, 1.807) is 32.0 Å². The maximum absolute atomic E-state index is 14.0. The molecule has 3 rings (SSSR count). The van der Waals surface area contributed by atoms with Crippen LogP contribution in [0.2, 0.25) is 0 Å². The monoisotopic (exact) mass is 336 g/mol. The highest BCUT2D eigenvalue weighted by atomic mass is 19.3. The number of aryl methyl sites for hydroxylation is 2. The Balaban J connectivity index is 1.83. The van der Waals surface area contributed by atoms with Gasteiger partial charge in [0.05, 0.1) is 11.3 Å². The van der Waals surface area contributed by atoms with Crippen molar-refractivity contribution in [1.82, 2.24) is 19.9 Å². The standard InChI is InChI=1S/C16H15F3N4O/c1-9-4-3-5-11(15(9)19)6-14-20-16(24-22-14)12-7-23(8-13(17)18)21-10(12)2/h3-5,7,13H,6,8H2,1-2H3. The van der Waals surface area contributed by atoms with Gasteiger partial charge in [0, 0.05) is 12.6 Å². The first-order valence-corrected chi connectivity index (χ1v) is 7.33. The van der Waals surface area contributed by atoms with E-state index in [9.17, 15) is 13.2 Å². The summed E-state index contributed by atoms with van der Waals surface area (Å²) in [6.07, 6.45) is -0.882. The van der Waals surface area contributed by atoms with Crippen molar-refractivity contribution in [3.8, 4) is 11.5 Å². The molecule has 0 spiro atoms. The minimum atomic E-state index is -2.50. The summed E-state index contributed by atoms with van der Waals surface area (Å²) in [4.78, 5) is 4.21. The number of alkyl halides is 2. The normalized spacial score (nSPS) is 11.4. The molecule has 1 aromatic carbocycles. The zero-order valence-corrected chi connectivity index (χ0v) is 13.1. The average Bonchev–Trinajstić information content (AvgIpc) is 3.10. The summed E-state index contributed by atoms with van der Waals surface area (Å²) in [7, 11) is 0.